The molecule has 0 aliphatic carbocycles. The molecule has 138 valence electrons. The van der Waals surface area contributed by atoms with Gasteiger partial charge in [0.15, 0.2) is 0 Å². The average molecular weight is 360 g/mol. The maximum absolute atomic E-state index is 13.7. The Kier molecular flexibility index (Phi) is 6.08. The molecular weight excluding hydrogens is 338 g/mol. The minimum Gasteiger partial charge on any atom is -0.322 e. The van der Waals surface area contributed by atoms with Crippen LogP contribution in [-0.2, 0) is 9.59 Å². The highest BCUT2D eigenvalue weighted by atomic mass is 19.1. The number of hydrogen-bond acceptors (Lipinski definition) is 2. The molecule has 0 unspecified atom stereocenters. The number of aryl methyl sites for hydroxylation is 1. The number of benzene rings is 2. The molecule has 2 aromatic rings. The van der Waals surface area contributed by atoms with Gasteiger partial charge in [0.25, 0.3) is 0 Å². The van der Waals surface area contributed by atoms with E-state index in [1.54, 1.807) is 0 Å². The van der Waals surface area contributed by atoms with Crippen LogP contribution in [0.5, 0.6) is 0 Å². The van der Waals surface area contributed by atoms with E-state index >= 15 is 0 Å². The molecule has 0 bridgehead atoms. The number of para-hydroxylation sites is 1. The minimum atomic E-state index is -0.869. The molecule has 0 saturated heterocycles. The molecule has 0 radical (unpaired) electrons. The predicted molar refractivity (Wildman–Crippen MR) is 98.3 cm³/mol. The van der Waals surface area contributed by atoms with E-state index in [4.69, 9.17) is 0 Å². The van der Waals surface area contributed by atoms with Crippen molar-refractivity contribution in [1.82, 2.24) is 0 Å². The Morgan fingerprint density at radius 2 is 1.85 bits per heavy atom. The van der Waals surface area contributed by atoms with E-state index in [2.05, 4.69) is 5.32 Å². The lowest BCUT2D eigenvalue weighted by atomic mass is 9.97. The SMILES string of the molecule is CC(=O)N(CC(=O)Nc1ccc(F)cc1F)c1c(C)cccc1C(C)C. The molecule has 0 aromatic heterocycles. The van der Waals surface area contributed by atoms with E-state index < -0.39 is 17.5 Å². The van der Waals surface area contributed by atoms with Crippen LogP contribution in [0.4, 0.5) is 20.2 Å². The number of carbonyl (C=O) groups excluding carboxylic acids is 2. The fourth-order valence-corrected chi connectivity index (χ4v) is 2.79. The van der Waals surface area contributed by atoms with E-state index in [1.807, 2.05) is 39.0 Å². The molecule has 6 heteroatoms. The summed E-state index contributed by atoms with van der Waals surface area (Å²) >= 11 is 0. The van der Waals surface area contributed by atoms with E-state index in [9.17, 15) is 18.4 Å². The van der Waals surface area contributed by atoms with Crippen molar-refractivity contribution in [2.24, 2.45) is 0 Å². The standard InChI is InChI=1S/C20H22F2N2O2/c1-12(2)16-7-5-6-13(3)20(16)24(14(4)25)11-19(26)23-18-9-8-15(21)10-17(18)22/h5-10,12H,11H2,1-4H3,(H,23,26). The second-order valence-electron chi connectivity index (χ2n) is 6.44. The lowest BCUT2D eigenvalue weighted by molar-refractivity contribution is -0.120. The van der Waals surface area contributed by atoms with Crippen LogP contribution in [0.1, 0.15) is 37.8 Å². The normalized spacial score (nSPS) is 10.7. The minimum absolute atomic E-state index is 0.131. The zero-order valence-corrected chi connectivity index (χ0v) is 15.3. The van der Waals surface area contributed by atoms with Gasteiger partial charge in [-0.15, -0.1) is 0 Å². The summed E-state index contributed by atoms with van der Waals surface area (Å²) in [6, 6.07) is 8.58. The van der Waals surface area contributed by atoms with Crippen molar-refractivity contribution < 1.29 is 18.4 Å². The summed E-state index contributed by atoms with van der Waals surface area (Å²) in [6.07, 6.45) is 0. The average Bonchev–Trinajstić information content (AvgIpc) is 2.55. The van der Waals surface area contributed by atoms with E-state index in [1.165, 1.54) is 11.8 Å². The second kappa shape index (κ2) is 8.08. The molecular formula is C20H22F2N2O2. The third-order valence-corrected chi connectivity index (χ3v) is 4.05. The van der Waals surface area contributed by atoms with Crippen molar-refractivity contribution >= 4 is 23.2 Å². The monoisotopic (exact) mass is 360 g/mol. The zero-order valence-electron chi connectivity index (χ0n) is 15.3. The molecule has 2 rings (SSSR count). The smallest absolute Gasteiger partial charge is 0.244 e. The van der Waals surface area contributed by atoms with Gasteiger partial charge in [-0.25, -0.2) is 8.78 Å². The fourth-order valence-electron chi connectivity index (χ4n) is 2.79. The number of rotatable bonds is 5. The van der Waals surface area contributed by atoms with Gasteiger partial charge in [-0.1, -0.05) is 32.0 Å². The first-order valence-electron chi connectivity index (χ1n) is 8.33. The third-order valence-electron chi connectivity index (χ3n) is 4.05. The number of carbonyl (C=O) groups is 2. The first-order valence-corrected chi connectivity index (χ1v) is 8.33. The second-order valence-corrected chi connectivity index (χ2v) is 6.44. The van der Waals surface area contributed by atoms with Crippen molar-refractivity contribution in [3.05, 3.63) is 59.2 Å². The van der Waals surface area contributed by atoms with Crippen molar-refractivity contribution in [3.8, 4) is 0 Å². The van der Waals surface area contributed by atoms with Crippen molar-refractivity contribution in [3.63, 3.8) is 0 Å². The Balaban J connectivity index is 2.29. The van der Waals surface area contributed by atoms with Crippen LogP contribution in [0, 0.1) is 18.6 Å². The zero-order chi connectivity index (χ0) is 19.4. The molecule has 1 N–H and O–H groups in total. The third kappa shape index (κ3) is 4.45. The van der Waals surface area contributed by atoms with E-state index in [-0.39, 0.29) is 24.1 Å². The maximum atomic E-state index is 13.7. The summed E-state index contributed by atoms with van der Waals surface area (Å²) in [7, 11) is 0. The lowest BCUT2D eigenvalue weighted by Crippen LogP contribution is -2.38. The lowest BCUT2D eigenvalue weighted by Gasteiger charge is -2.27. The highest BCUT2D eigenvalue weighted by Gasteiger charge is 2.22. The molecule has 0 aliphatic heterocycles. The Labute approximate surface area is 151 Å². The molecule has 4 nitrogen and oxygen atoms in total. The first-order chi connectivity index (χ1) is 12.2. The summed E-state index contributed by atoms with van der Waals surface area (Å²) in [5.74, 6) is -2.30. The van der Waals surface area contributed by atoms with Gasteiger partial charge in [0.05, 0.1) is 11.4 Å². The maximum Gasteiger partial charge on any atom is 0.244 e. The van der Waals surface area contributed by atoms with Crippen molar-refractivity contribution in [2.75, 3.05) is 16.8 Å². The molecule has 0 spiro atoms. The van der Waals surface area contributed by atoms with Gasteiger partial charge < -0.3 is 10.2 Å². The molecule has 0 aliphatic rings. The van der Waals surface area contributed by atoms with Crippen molar-refractivity contribution in [2.45, 2.75) is 33.6 Å². The Morgan fingerprint density at radius 3 is 2.42 bits per heavy atom. The van der Waals surface area contributed by atoms with Gasteiger partial charge in [0, 0.05) is 13.0 Å². The van der Waals surface area contributed by atoms with Gasteiger partial charge in [-0.3, -0.25) is 9.59 Å². The number of nitrogens with one attached hydrogen (secondary N) is 1. The van der Waals surface area contributed by atoms with Crippen LogP contribution < -0.4 is 10.2 Å². The van der Waals surface area contributed by atoms with E-state index in [0.29, 0.717) is 11.8 Å². The molecule has 2 amide bonds. The topological polar surface area (TPSA) is 49.4 Å². The van der Waals surface area contributed by atoms with Gasteiger partial charge in [-0.2, -0.15) is 0 Å². The summed E-state index contributed by atoms with van der Waals surface area (Å²) in [5.41, 5.74) is 2.37. The Morgan fingerprint density at radius 1 is 1.15 bits per heavy atom. The van der Waals surface area contributed by atoms with Gasteiger partial charge >= 0.3 is 0 Å². The number of halogens is 2. The van der Waals surface area contributed by atoms with Crippen LogP contribution in [0.15, 0.2) is 36.4 Å². The van der Waals surface area contributed by atoms with Gasteiger partial charge in [0.1, 0.15) is 18.2 Å². The van der Waals surface area contributed by atoms with Gasteiger partial charge in [0.2, 0.25) is 11.8 Å². The quantitative estimate of drug-likeness (QED) is 0.860. The number of hydrogen-bond donors (Lipinski definition) is 1. The molecule has 0 atom stereocenters. The van der Waals surface area contributed by atoms with Crippen LogP contribution in [0.3, 0.4) is 0 Å². The molecule has 26 heavy (non-hydrogen) atoms. The highest BCUT2D eigenvalue weighted by molar-refractivity contribution is 6.02. The molecule has 0 fully saturated rings. The van der Waals surface area contributed by atoms with Crippen LogP contribution in [0.2, 0.25) is 0 Å². The van der Waals surface area contributed by atoms with Crippen LogP contribution in [0.25, 0.3) is 0 Å². The van der Waals surface area contributed by atoms with Crippen molar-refractivity contribution in [1.29, 1.82) is 0 Å². The molecule has 2 aromatic carbocycles. The summed E-state index contributed by atoms with van der Waals surface area (Å²) < 4.78 is 26.7. The van der Waals surface area contributed by atoms with Crippen LogP contribution >= 0.6 is 0 Å². The summed E-state index contributed by atoms with van der Waals surface area (Å²) in [6.45, 7) is 6.99. The highest BCUT2D eigenvalue weighted by Crippen LogP contribution is 2.31. The Hall–Kier alpha value is -2.76. The molecule has 0 saturated carbocycles. The fraction of sp³-hybridized carbons (Fsp3) is 0.300. The van der Waals surface area contributed by atoms with Crippen LogP contribution in [-0.4, -0.2) is 18.4 Å². The number of anilines is 2. The summed E-state index contributed by atoms with van der Waals surface area (Å²) in [4.78, 5) is 25.9. The van der Waals surface area contributed by atoms with E-state index in [0.717, 1.165) is 23.3 Å². The largest absolute Gasteiger partial charge is 0.322 e. The Bertz CT molecular complexity index is 835. The first kappa shape index (κ1) is 19.6. The number of nitrogens with zero attached hydrogens (tertiary/aromatic N) is 1. The predicted octanol–water partition coefficient (Wildman–Crippen LogP) is 4.39. The molecule has 0 heterocycles. The summed E-state index contributed by atoms with van der Waals surface area (Å²) in [5, 5.41) is 2.39. The van der Waals surface area contributed by atoms with Gasteiger partial charge in [-0.05, 0) is 36.1 Å². The number of amides is 2.